The number of rotatable bonds is 1. The fourth-order valence-electron chi connectivity index (χ4n) is 1.15. The predicted octanol–water partition coefficient (Wildman–Crippen LogP) is 1.93. The highest BCUT2D eigenvalue weighted by atomic mass is 127. The van der Waals surface area contributed by atoms with E-state index in [1.807, 2.05) is 12.1 Å². The Morgan fingerprint density at radius 3 is 3.00 bits per heavy atom. The summed E-state index contributed by atoms with van der Waals surface area (Å²) < 4.78 is 11.3. The van der Waals surface area contributed by atoms with Crippen LogP contribution in [-0.4, -0.2) is 6.79 Å². The summed E-state index contributed by atoms with van der Waals surface area (Å²) in [6, 6.07) is 3.86. The van der Waals surface area contributed by atoms with E-state index in [0.29, 0.717) is 11.4 Å². The maximum atomic E-state index is 5.84. The molecular weight excluding hydrogens is 269 g/mol. The van der Waals surface area contributed by atoms with Gasteiger partial charge in [0.1, 0.15) is 0 Å². The summed E-state index contributed by atoms with van der Waals surface area (Å²) in [7, 11) is 0. The van der Waals surface area contributed by atoms with Crippen LogP contribution in [0, 0.1) is 0 Å². The van der Waals surface area contributed by atoms with Gasteiger partial charge in [0.2, 0.25) is 6.79 Å². The Labute approximate surface area is 84.0 Å². The molecule has 1 heterocycles. The van der Waals surface area contributed by atoms with Crippen LogP contribution in [-0.2, 0) is 4.43 Å². The zero-order valence-corrected chi connectivity index (χ0v) is 8.50. The van der Waals surface area contributed by atoms with Crippen LogP contribution in [0.2, 0.25) is 0 Å². The van der Waals surface area contributed by atoms with Gasteiger partial charge in [-0.15, -0.1) is 0 Å². The van der Waals surface area contributed by atoms with E-state index in [-0.39, 0.29) is 6.79 Å². The van der Waals surface area contributed by atoms with E-state index in [2.05, 4.69) is 22.6 Å². The molecule has 0 saturated heterocycles. The first-order chi connectivity index (χ1) is 5.83. The molecule has 0 fully saturated rings. The van der Waals surface area contributed by atoms with Crippen molar-refractivity contribution in [3.63, 3.8) is 0 Å². The van der Waals surface area contributed by atoms with Gasteiger partial charge < -0.3 is 15.2 Å². The number of fused-ring (bicyclic) bond motifs is 1. The minimum Gasteiger partial charge on any atom is -0.454 e. The van der Waals surface area contributed by atoms with Gasteiger partial charge in [0.25, 0.3) is 0 Å². The van der Waals surface area contributed by atoms with Gasteiger partial charge in [-0.25, -0.2) is 0 Å². The van der Waals surface area contributed by atoms with Crippen LogP contribution in [0.4, 0.5) is 5.69 Å². The van der Waals surface area contributed by atoms with Crippen molar-refractivity contribution in [2.45, 2.75) is 4.43 Å². The zero-order valence-electron chi connectivity index (χ0n) is 6.34. The Balaban J connectivity index is 2.54. The van der Waals surface area contributed by atoms with Gasteiger partial charge in [0.15, 0.2) is 11.5 Å². The molecule has 0 unspecified atom stereocenters. The Morgan fingerprint density at radius 1 is 1.42 bits per heavy atom. The van der Waals surface area contributed by atoms with Crippen LogP contribution < -0.4 is 15.2 Å². The number of hydrogen-bond acceptors (Lipinski definition) is 3. The summed E-state index contributed by atoms with van der Waals surface area (Å²) in [5.41, 5.74) is 7.64. The van der Waals surface area contributed by atoms with E-state index < -0.39 is 0 Å². The molecule has 1 aliphatic rings. The van der Waals surface area contributed by atoms with Gasteiger partial charge in [-0.2, -0.15) is 0 Å². The molecule has 0 atom stereocenters. The van der Waals surface area contributed by atoms with E-state index in [9.17, 15) is 0 Å². The molecule has 1 aliphatic heterocycles. The third-order valence-electron chi connectivity index (χ3n) is 1.81. The lowest BCUT2D eigenvalue weighted by molar-refractivity contribution is 0.174. The second-order valence-corrected chi connectivity index (χ2v) is 3.27. The van der Waals surface area contributed by atoms with Gasteiger partial charge in [-0.3, -0.25) is 0 Å². The molecular formula is C8H8INO2. The van der Waals surface area contributed by atoms with Crippen molar-refractivity contribution in [2.24, 2.45) is 0 Å². The lowest BCUT2D eigenvalue weighted by Gasteiger charge is -2.04. The van der Waals surface area contributed by atoms with Crippen LogP contribution in [0.5, 0.6) is 11.5 Å². The van der Waals surface area contributed by atoms with Crippen molar-refractivity contribution in [2.75, 3.05) is 12.5 Å². The molecule has 0 radical (unpaired) electrons. The largest absolute Gasteiger partial charge is 0.454 e. The molecule has 0 bridgehead atoms. The highest BCUT2D eigenvalue weighted by Crippen LogP contribution is 2.39. The summed E-state index contributed by atoms with van der Waals surface area (Å²) in [6.45, 7) is 0.282. The molecule has 0 amide bonds. The zero-order chi connectivity index (χ0) is 8.55. The fraction of sp³-hybridized carbons (Fsp3) is 0.250. The Bertz CT molecular complexity index is 314. The highest BCUT2D eigenvalue weighted by Gasteiger charge is 2.17. The Kier molecular flexibility index (Phi) is 2.00. The van der Waals surface area contributed by atoms with Crippen molar-refractivity contribution in [3.05, 3.63) is 17.7 Å². The second kappa shape index (κ2) is 3.01. The highest BCUT2D eigenvalue weighted by molar-refractivity contribution is 14.1. The van der Waals surface area contributed by atoms with Crippen LogP contribution in [0.15, 0.2) is 12.1 Å². The van der Waals surface area contributed by atoms with Crippen LogP contribution in [0.1, 0.15) is 5.56 Å². The van der Waals surface area contributed by atoms with Crippen LogP contribution >= 0.6 is 22.6 Å². The van der Waals surface area contributed by atoms with E-state index >= 15 is 0 Å². The predicted molar refractivity (Wildman–Crippen MR) is 54.7 cm³/mol. The number of ether oxygens (including phenoxy) is 2. The average molecular weight is 277 g/mol. The van der Waals surface area contributed by atoms with E-state index in [1.54, 1.807) is 0 Å². The molecule has 1 aromatic carbocycles. The van der Waals surface area contributed by atoms with Crippen LogP contribution in [0.25, 0.3) is 0 Å². The summed E-state index contributed by atoms with van der Waals surface area (Å²) in [4.78, 5) is 0. The van der Waals surface area contributed by atoms with E-state index in [1.165, 1.54) is 0 Å². The summed E-state index contributed by atoms with van der Waals surface area (Å²) in [6.07, 6.45) is 0. The molecule has 0 saturated carbocycles. The first-order valence-electron chi connectivity index (χ1n) is 3.56. The summed E-state index contributed by atoms with van der Waals surface area (Å²) in [5, 5.41) is 0. The number of alkyl halides is 1. The molecule has 0 spiro atoms. The van der Waals surface area contributed by atoms with Crippen molar-refractivity contribution >= 4 is 28.3 Å². The van der Waals surface area contributed by atoms with E-state index in [0.717, 1.165) is 15.7 Å². The summed E-state index contributed by atoms with van der Waals surface area (Å²) >= 11 is 2.27. The van der Waals surface area contributed by atoms with Crippen molar-refractivity contribution in [1.29, 1.82) is 0 Å². The number of halogens is 1. The smallest absolute Gasteiger partial charge is 0.231 e. The van der Waals surface area contributed by atoms with Gasteiger partial charge in [0.05, 0.1) is 5.69 Å². The molecule has 0 aliphatic carbocycles. The van der Waals surface area contributed by atoms with Gasteiger partial charge in [-0.05, 0) is 11.6 Å². The lowest BCUT2D eigenvalue weighted by atomic mass is 10.2. The van der Waals surface area contributed by atoms with Gasteiger partial charge >= 0.3 is 0 Å². The minimum absolute atomic E-state index is 0.282. The summed E-state index contributed by atoms with van der Waals surface area (Å²) in [5.74, 6) is 1.45. The van der Waals surface area contributed by atoms with Gasteiger partial charge in [0, 0.05) is 4.43 Å². The SMILES string of the molecule is Nc1c(CI)ccc2c1OCO2. The van der Waals surface area contributed by atoms with Crippen molar-refractivity contribution < 1.29 is 9.47 Å². The van der Waals surface area contributed by atoms with Crippen molar-refractivity contribution in [3.8, 4) is 11.5 Å². The molecule has 2 rings (SSSR count). The molecule has 12 heavy (non-hydrogen) atoms. The molecule has 64 valence electrons. The standard InChI is InChI=1S/C8H8INO2/c9-3-5-1-2-6-8(7(5)10)12-4-11-6/h1-2H,3-4,10H2. The number of anilines is 1. The normalized spacial score (nSPS) is 13.4. The maximum absolute atomic E-state index is 5.84. The third-order valence-corrected chi connectivity index (χ3v) is 2.63. The molecule has 0 aromatic heterocycles. The van der Waals surface area contributed by atoms with Gasteiger partial charge in [-0.1, -0.05) is 28.7 Å². The number of hydrogen-bond donors (Lipinski definition) is 1. The monoisotopic (exact) mass is 277 g/mol. The molecule has 2 N–H and O–H groups in total. The topological polar surface area (TPSA) is 44.5 Å². The fourth-order valence-corrected chi connectivity index (χ4v) is 1.82. The van der Waals surface area contributed by atoms with Crippen LogP contribution in [0.3, 0.4) is 0 Å². The minimum atomic E-state index is 0.282. The number of nitrogens with two attached hydrogens (primary N) is 1. The average Bonchev–Trinajstić information content (AvgIpc) is 2.53. The quantitative estimate of drug-likeness (QED) is 0.484. The van der Waals surface area contributed by atoms with E-state index in [4.69, 9.17) is 15.2 Å². The first-order valence-corrected chi connectivity index (χ1v) is 5.08. The number of benzene rings is 1. The third kappa shape index (κ3) is 1.10. The molecule has 3 nitrogen and oxygen atoms in total. The molecule has 4 heteroatoms. The number of nitrogen functional groups attached to an aromatic ring is 1. The first kappa shape index (κ1) is 7.97. The Hall–Kier alpha value is -0.650. The maximum Gasteiger partial charge on any atom is 0.231 e. The Morgan fingerprint density at radius 2 is 2.25 bits per heavy atom. The second-order valence-electron chi connectivity index (χ2n) is 2.51. The lowest BCUT2D eigenvalue weighted by Crippen LogP contribution is -1.96. The van der Waals surface area contributed by atoms with Crippen molar-refractivity contribution in [1.82, 2.24) is 0 Å². The molecule has 1 aromatic rings.